The molecule has 26 heavy (non-hydrogen) atoms. The quantitative estimate of drug-likeness (QED) is 0.479. The molecule has 0 spiro atoms. The van der Waals surface area contributed by atoms with Gasteiger partial charge in [0.15, 0.2) is 5.65 Å². The zero-order valence-corrected chi connectivity index (χ0v) is 16.7. The lowest BCUT2D eigenvalue weighted by Gasteiger charge is -2.30. The van der Waals surface area contributed by atoms with Gasteiger partial charge < -0.3 is 9.64 Å². The summed E-state index contributed by atoms with van der Waals surface area (Å²) < 4.78 is 35.9. The van der Waals surface area contributed by atoms with Crippen molar-refractivity contribution in [2.75, 3.05) is 26.5 Å². The molecule has 0 aliphatic rings. The first kappa shape index (κ1) is 20.1. The SMILES string of the molecule is CCC(CC)(COc1nn2cnnc2cc1C)CS(=O)(=O)N=CN(C)C. The Balaban J connectivity index is 2.19. The number of aryl methyl sites for hydroxylation is 1. The van der Waals surface area contributed by atoms with Gasteiger partial charge in [0.2, 0.25) is 5.88 Å². The molecule has 0 fully saturated rings. The number of aromatic nitrogens is 4. The van der Waals surface area contributed by atoms with Crippen LogP contribution in [0.2, 0.25) is 0 Å². The second kappa shape index (κ2) is 7.98. The summed E-state index contributed by atoms with van der Waals surface area (Å²) in [5.74, 6) is 0.364. The number of sulfonamides is 1. The van der Waals surface area contributed by atoms with Crippen LogP contribution in [-0.4, -0.2) is 65.9 Å². The number of hydrogen-bond donors (Lipinski definition) is 0. The molecule has 0 N–H and O–H groups in total. The van der Waals surface area contributed by atoms with Crippen LogP contribution in [0, 0.1) is 12.3 Å². The van der Waals surface area contributed by atoms with Gasteiger partial charge in [-0.1, -0.05) is 13.8 Å². The monoisotopic (exact) mass is 382 g/mol. The summed E-state index contributed by atoms with van der Waals surface area (Å²) in [6.07, 6.45) is 4.09. The molecule has 0 aliphatic carbocycles. The molecular weight excluding hydrogens is 356 g/mol. The van der Waals surface area contributed by atoms with Crippen molar-refractivity contribution < 1.29 is 13.2 Å². The summed E-state index contributed by atoms with van der Waals surface area (Å²) in [4.78, 5) is 1.59. The Labute approximate surface area is 154 Å². The Morgan fingerprint density at radius 3 is 2.65 bits per heavy atom. The van der Waals surface area contributed by atoms with Crippen molar-refractivity contribution in [2.45, 2.75) is 33.6 Å². The first-order valence-corrected chi connectivity index (χ1v) is 10.1. The van der Waals surface area contributed by atoms with Gasteiger partial charge in [-0.2, -0.15) is 8.91 Å². The molecule has 0 saturated heterocycles. The van der Waals surface area contributed by atoms with E-state index in [1.54, 1.807) is 19.0 Å². The summed E-state index contributed by atoms with van der Waals surface area (Å²) in [7, 11) is -0.143. The van der Waals surface area contributed by atoms with Gasteiger partial charge in [-0.25, -0.2) is 8.42 Å². The number of rotatable bonds is 9. The van der Waals surface area contributed by atoms with Gasteiger partial charge in [-0.3, -0.25) is 0 Å². The Hall–Kier alpha value is -2.23. The van der Waals surface area contributed by atoms with E-state index in [0.717, 1.165) is 5.56 Å². The number of fused-ring (bicyclic) bond motifs is 1. The normalized spacial score (nSPS) is 12.8. The standard InChI is InChI=1S/C16H26N6O3S/c1-6-16(7-2,10-26(23,24)18-12-21(4)5)9-25-15-13(3)8-14-19-17-11-22(14)20-15/h8,11-12H,6-7,9-10H2,1-5H3. The van der Waals surface area contributed by atoms with Crippen molar-refractivity contribution in [1.29, 1.82) is 0 Å². The summed E-state index contributed by atoms with van der Waals surface area (Å²) in [5, 5.41) is 12.1. The fourth-order valence-electron chi connectivity index (χ4n) is 2.50. The molecule has 10 heteroatoms. The van der Waals surface area contributed by atoms with E-state index in [1.807, 2.05) is 26.8 Å². The minimum absolute atomic E-state index is 0.0781. The summed E-state index contributed by atoms with van der Waals surface area (Å²) in [6, 6.07) is 1.83. The number of ether oxygens (including phenoxy) is 1. The van der Waals surface area contributed by atoms with Gasteiger partial charge in [-0.05, 0) is 25.8 Å². The van der Waals surface area contributed by atoms with E-state index in [2.05, 4.69) is 19.7 Å². The molecule has 2 heterocycles. The second-order valence-corrected chi connectivity index (χ2v) is 8.34. The number of hydrogen-bond acceptors (Lipinski definition) is 6. The van der Waals surface area contributed by atoms with E-state index in [-0.39, 0.29) is 12.4 Å². The molecule has 2 rings (SSSR count). The number of nitrogens with zero attached hydrogens (tertiary/aromatic N) is 6. The van der Waals surface area contributed by atoms with Gasteiger partial charge >= 0.3 is 0 Å². The fourth-order valence-corrected chi connectivity index (χ4v) is 4.17. The zero-order chi connectivity index (χ0) is 19.4. The van der Waals surface area contributed by atoms with Gasteiger partial charge in [0.1, 0.15) is 12.7 Å². The molecular formula is C16H26N6O3S. The highest BCUT2D eigenvalue weighted by atomic mass is 32.2. The average Bonchev–Trinajstić information content (AvgIpc) is 3.04. The third-order valence-electron chi connectivity index (χ3n) is 4.38. The molecule has 2 aromatic rings. The zero-order valence-electron chi connectivity index (χ0n) is 15.9. The molecule has 0 aromatic carbocycles. The molecule has 0 aliphatic heterocycles. The van der Waals surface area contributed by atoms with Crippen LogP contribution in [0.4, 0.5) is 0 Å². The van der Waals surface area contributed by atoms with E-state index in [1.165, 1.54) is 17.2 Å². The van der Waals surface area contributed by atoms with Crippen LogP contribution in [0.5, 0.6) is 5.88 Å². The molecule has 0 unspecified atom stereocenters. The van der Waals surface area contributed by atoms with Gasteiger partial charge in [0.05, 0.1) is 12.4 Å². The molecule has 0 bridgehead atoms. The summed E-state index contributed by atoms with van der Waals surface area (Å²) >= 11 is 0. The molecule has 144 valence electrons. The molecule has 0 saturated carbocycles. The van der Waals surface area contributed by atoms with E-state index in [4.69, 9.17) is 4.74 Å². The first-order chi connectivity index (χ1) is 12.2. The van der Waals surface area contributed by atoms with Crippen molar-refractivity contribution in [3.8, 4) is 5.88 Å². The maximum absolute atomic E-state index is 12.4. The van der Waals surface area contributed by atoms with E-state index < -0.39 is 15.4 Å². The predicted octanol–water partition coefficient (Wildman–Crippen LogP) is 1.54. The topological polar surface area (TPSA) is 102 Å². The van der Waals surface area contributed by atoms with Crippen molar-refractivity contribution >= 4 is 22.0 Å². The first-order valence-electron chi connectivity index (χ1n) is 8.45. The lowest BCUT2D eigenvalue weighted by molar-refractivity contribution is 0.147. The second-order valence-electron chi connectivity index (χ2n) is 6.67. The average molecular weight is 382 g/mol. The fraction of sp³-hybridized carbons (Fsp3) is 0.625. The van der Waals surface area contributed by atoms with Crippen LogP contribution in [-0.2, 0) is 10.0 Å². The highest BCUT2D eigenvalue weighted by molar-refractivity contribution is 7.90. The Kier molecular flexibility index (Phi) is 6.17. The van der Waals surface area contributed by atoms with Crippen molar-refractivity contribution in [1.82, 2.24) is 24.7 Å². The summed E-state index contributed by atoms with van der Waals surface area (Å²) in [6.45, 7) is 6.02. The van der Waals surface area contributed by atoms with Gasteiger partial charge in [-0.15, -0.1) is 15.3 Å². The Morgan fingerprint density at radius 1 is 1.35 bits per heavy atom. The van der Waals surface area contributed by atoms with Crippen LogP contribution in [0.1, 0.15) is 32.3 Å². The van der Waals surface area contributed by atoms with Crippen LogP contribution in [0.3, 0.4) is 0 Å². The van der Waals surface area contributed by atoms with E-state index in [9.17, 15) is 8.42 Å². The molecule has 0 amide bonds. The van der Waals surface area contributed by atoms with Crippen molar-refractivity contribution in [3.63, 3.8) is 0 Å². The highest BCUT2D eigenvalue weighted by Crippen LogP contribution is 2.30. The third-order valence-corrected chi connectivity index (χ3v) is 5.77. The van der Waals surface area contributed by atoms with Gasteiger partial charge in [0.25, 0.3) is 10.0 Å². The lowest BCUT2D eigenvalue weighted by atomic mass is 9.85. The van der Waals surface area contributed by atoms with Crippen LogP contribution >= 0.6 is 0 Å². The minimum atomic E-state index is -3.60. The predicted molar refractivity (Wildman–Crippen MR) is 100.0 cm³/mol. The lowest BCUT2D eigenvalue weighted by Crippen LogP contribution is -2.35. The highest BCUT2D eigenvalue weighted by Gasteiger charge is 2.33. The van der Waals surface area contributed by atoms with E-state index >= 15 is 0 Å². The Morgan fingerprint density at radius 2 is 2.04 bits per heavy atom. The van der Waals surface area contributed by atoms with Crippen LogP contribution in [0.15, 0.2) is 16.8 Å². The summed E-state index contributed by atoms with van der Waals surface area (Å²) in [5.41, 5.74) is 0.909. The van der Waals surface area contributed by atoms with Gasteiger partial charge in [0, 0.05) is 25.1 Å². The Bertz CT molecular complexity index is 871. The largest absolute Gasteiger partial charge is 0.476 e. The molecule has 9 nitrogen and oxygen atoms in total. The maximum atomic E-state index is 12.4. The minimum Gasteiger partial charge on any atom is -0.476 e. The molecule has 2 aromatic heterocycles. The third kappa shape index (κ3) is 4.90. The molecule has 0 radical (unpaired) electrons. The van der Waals surface area contributed by atoms with Crippen molar-refractivity contribution in [3.05, 3.63) is 18.0 Å². The molecule has 0 atom stereocenters. The van der Waals surface area contributed by atoms with Crippen molar-refractivity contribution in [2.24, 2.45) is 9.81 Å². The smallest absolute Gasteiger partial charge is 0.255 e. The van der Waals surface area contributed by atoms with E-state index in [0.29, 0.717) is 24.4 Å². The maximum Gasteiger partial charge on any atom is 0.255 e. The van der Waals surface area contributed by atoms with Crippen LogP contribution < -0.4 is 4.74 Å². The van der Waals surface area contributed by atoms with Crippen LogP contribution in [0.25, 0.3) is 5.65 Å².